The fraction of sp³-hybridized carbons (Fsp3) is 0.364. The van der Waals surface area contributed by atoms with Crippen LogP contribution >= 0.6 is 0 Å². The van der Waals surface area contributed by atoms with Crippen LogP contribution in [0.5, 0.6) is 5.75 Å². The molecule has 2 aromatic carbocycles. The van der Waals surface area contributed by atoms with E-state index in [2.05, 4.69) is 29.6 Å². The van der Waals surface area contributed by atoms with Gasteiger partial charge < -0.3 is 19.9 Å². The molecule has 2 aliphatic rings. The average molecular weight is 378 g/mol. The van der Waals surface area contributed by atoms with E-state index in [1.807, 2.05) is 6.07 Å². The van der Waals surface area contributed by atoms with Gasteiger partial charge in [-0.15, -0.1) is 0 Å². The zero-order chi connectivity index (χ0) is 19.3. The summed E-state index contributed by atoms with van der Waals surface area (Å²) in [7, 11) is 0. The number of fused-ring (bicyclic) bond motifs is 1. The van der Waals surface area contributed by atoms with Crippen molar-refractivity contribution < 1.29 is 19.3 Å². The number of piperazine rings is 1. The first-order valence-electron chi connectivity index (χ1n) is 9.92. The van der Waals surface area contributed by atoms with Crippen molar-refractivity contribution in [3.8, 4) is 11.8 Å². The standard InChI is InChI=1S/C22H24N4O2/c23-14-19-3-1-2-4-20(19)24-22(27)16-26-10-8-25(9-11-26)15-17-5-6-21-18(13-17)7-12-28-21/h1-6,13H,7-12,15-16H2,(H,24,27)/p+2. The quantitative estimate of drug-likeness (QED) is 0.652. The highest BCUT2D eigenvalue weighted by Crippen LogP contribution is 2.25. The van der Waals surface area contributed by atoms with E-state index in [1.54, 1.807) is 23.1 Å². The van der Waals surface area contributed by atoms with Crippen molar-refractivity contribution >= 4 is 11.6 Å². The molecule has 0 spiro atoms. The number of nitriles is 1. The Morgan fingerprint density at radius 1 is 1.11 bits per heavy atom. The highest BCUT2D eigenvalue weighted by molar-refractivity contribution is 5.92. The molecular formula is C22H26N4O2+2. The number of benzene rings is 2. The van der Waals surface area contributed by atoms with E-state index in [1.165, 1.54) is 16.0 Å². The summed E-state index contributed by atoms with van der Waals surface area (Å²) in [5.41, 5.74) is 3.79. The number of quaternary nitrogens is 2. The summed E-state index contributed by atoms with van der Waals surface area (Å²) in [6, 6.07) is 15.8. The third-order valence-electron chi connectivity index (χ3n) is 5.60. The van der Waals surface area contributed by atoms with Gasteiger partial charge in [0.15, 0.2) is 6.54 Å². The van der Waals surface area contributed by atoms with Crippen molar-refractivity contribution in [2.24, 2.45) is 0 Å². The molecule has 2 heterocycles. The summed E-state index contributed by atoms with van der Waals surface area (Å²) in [5, 5.41) is 12.0. The predicted octanol–water partition coefficient (Wildman–Crippen LogP) is -0.585. The third kappa shape index (κ3) is 4.33. The Bertz CT molecular complexity index is 898. The predicted molar refractivity (Wildman–Crippen MR) is 105 cm³/mol. The number of ether oxygens (including phenoxy) is 1. The lowest BCUT2D eigenvalue weighted by Gasteiger charge is -2.29. The molecule has 28 heavy (non-hydrogen) atoms. The summed E-state index contributed by atoms with van der Waals surface area (Å²) in [5.74, 6) is 1.01. The van der Waals surface area contributed by atoms with Gasteiger partial charge in [0.1, 0.15) is 44.5 Å². The van der Waals surface area contributed by atoms with Gasteiger partial charge in [0, 0.05) is 12.0 Å². The largest absolute Gasteiger partial charge is 0.493 e. The number of carbonyl (C=O) groups excluding carboxylic acids is 1. The van der Waals surface area contributed by atoms with Gasteiger partial charge >= 0.3 is 0 Å². The molecule has 0 saturated carbocycles. The molecule has 0 unspecified atom stereocenters. The second-order valence-corrected chi connectivity index (χ2v) is 7.60. The molecular weight excluding hydrogens is 352 g/mol. The van der Waals surface area contributed by atoms with Crippen molar-refractivity contribution in [1.29, 1.82) is 5.26 Å². The third-order valence-corrected chi connectivity index (χ3v) is 5.60. The van der Waals surface area contributed by atoms with Crippen molar-refractivity contribution in [3.05, 3.63) is 59.2 Å². The molecule has 0 radical (unpaired) electrons. The van der Waals surface area contributed by atoms with Crippen LogP contribution in [0.4, 0.5) is 5.69 Å². The first kappa shape index (κ1) is 18.5. The van der Waals surface area contributed by atoms with Gasteiger partial charge in [-0.1, -0.05) is 12.1 Å². The fourth-order valence-corrected chi connectivity index (χ4v) is 4.06. The summed E-state index contributed by atoms with van der Waals surface area (Å²) in [6.07, 6.45) is 1.01. The van der Waals surface area contributed by atoms with Gasteiger partial charge in [-0.2, -0.15) is 5.26 Å². The number of hydrogen-bond acceptors (Lipinski definition) is 3. The number of amides is 1. The smallest absolute Gasteiger partial charge is 0.279 e. The van der Waals surface area contributed by atoms with Gasteiger partial charge in [0.2, 0.25) is 0 Å². The summed E-state index contributed by atoms with van der Waals surface area (Å²) < 4.78 is 5.59. The van der Waals surface area contributed by atoms with Crippen LogP contribution in [0.15, 0.2) is 42.5 Å². The molecule has 0 atom stereocenters. The van der Waals surface area contributed by atoms with Crippen molar-refractivity contribution in [1.82, 2.24) is 0 Å². The van der Waals surface area contributed by atoms with E-state index in [0.717, 1.165) is 51.5 Å². The number of anilines is 1. The van der Waals surface area contributed by atoms with Crippen LogP contribution in [0.25, 0.3) is 0 Å². The van der Waals surface area contributed by atoms with Gasteiger partial charge in [0.25, 0.3) is 5.91 Å². The van der Waals surface area contributed by atoms with E-state index in [-0.39, 0.29) is 5.91 Å². The molecule has 2 aromatic rings. The summed E-state index contributed by atoms with van der Waals surface area (Å²) in [6.45, 7) is 6.36. The molecule has 1 saturated heterocycles. The molecule has 0 bridgehead atoms. The second-order valence-electron chi connectivity index (χ2n) is 7.60. The van der Waals surface area contributed by atoms with E-state index >= 15 is 0 Å². The van der Waals surface area contributed by atoms with Crippen LogP contribution < -0.4 is 19.9 Å². The van der Waals surface area contributed by atoms with Crippen molar-refractivity contribution in [2.45, 2.75) is 13.0 Å². The minimum atomic E-state index is -0.0280. The Balaban J connectivity index is 1.25. The Labute approximate surface area is 165 Å². The van der Waals surface area contributed by atoms with Crippen LogP contribution in [-0.4, -0.2) is 45.2 Å². The van der Waals surface area contributed by atoms with Crippen LogP contribution in [0.3, 0.4) is 0 Å². The van der Waals surface area contributed by atoms with E-state index in [9.17, 15) is 4.79 Å². The SMILES string of the molecule is N#Cc1ccccc1NC(=O)C[NH+]1CC[NH+](Cc2ccc3c(c2)CCO3)CC1. The normalized spacial score (nSPS) is 20.7. The number of nitrogens with one attached hydrogen (secondary N) is 3. The average Bonchev–Trinajstić information content (AvgIpc) is 3.18. The van der Waals surface area contributed by atoms with Crippen LogP contribution in [0.2, 0.25) is 0 Å². The zero-order valence-electron chi connectivity index (χ0n) is 16.0. The van der Waals surface area contributed by atoms with Crippen LogP contribution in [0.1, 0.15) is 16.7 Å². The van der Waals surface area contributed by atoms with Crippen LogP contribution in [-0.2, 0) is 17.8 Å². The molecule has 6 heteroatoms. The second kappa shape index (κ2) is 8.42. The number of carbonyl (C=O) groups is 1. The molecule has 6 nitrogen and oxygen atoms in total. The lowest BCUT2D eigenvalue weighted by atomic mass is 10.1. The first-order valence-corrected chi connectivity index (χ1v) is 9.92. The number of hydrogen-bond donors (Lipinski definition) is 3. The molecule has 144 valence electrons. The molecule has 0 aliphatic carbocycles. The van der Waals surface area contributed by atoms with Gasteiger partial charge in [-0.25, -0.2) is 0 Å². The maximum atomic E-state index is 12.4. The maximum Gasteiger partial charge on any atom is 0.279 e. The van der Waals surface area contributed by atoms with Gasteiger partial charge in [0.05, 0.1) is 17.9 Å². The molecule has 4 rings (SSSR count). The molecule has 1 amide bonds. The van der Waals surface area contributed by atoms with E-state index in [0.29, 0.717) is 17.8 Å². The zero-order valence-corrected chi connectivity index (χ0v) is 16.0. The molecule has 3 N–H and O–H groups in total. The number of nitrogens with zero attached hydrogens (tertiary/aromatic N) is 1. The van der Waals surface area contributed by atoms with Gasteiger partial charge in [-0.05, 0) is 35.9 Å². The highest BCUT2D eigenvalue weighted by Gasteiger charge is 2.25. The minimum absolute atomic E-state index is 0.0280. The Kier molecular flexibility index (Phi) is 5.56. The Morgan fingerprint density at radius 2 is 1.89 bits per heavy atom. The lowest BCUT2D eigenvalue weighted by Crippen LogP contribution is -3.28. The summed E-state index contributed by atoms with van der Waals surface area (Å²) in [4.78, 5) is 15.2. The minimum Gasteiger partial charge on any atom is -0.493 e. The Hall–Kier alpha value is -2.88. The monoisotopic (exact) mass is 378 g/mol. The fourth-order valence-electron chi connectivity index (χ4n) is 4.06. The van der Waals surface area contributed by atoms with Gasteiger partial charge in [-0.3, -0.25) is 4.79 Å². The molecule has 2 aliphatic heterocycles. The topological polar surface area (TPSA) is 71.0 Å². The van der Waals surface area contributed by atoms with E-state index < -0.39 is 0 Å². The molecule has 0 aromatic heterocycles. The molecule has 1 fully saturated rings. The van der Waals surface area contributed by atoms with Crippen molar-refractivity contribution in [2.75, 3.05) is 44.6 Å². The number of para-hydroxylation sites is 1. The summed E-state index contributed by atoms with van der Waals surface area (Å²) >= 11 is 0. The lowest BCUT2D eigenvalue weighted by molar-refractivity contribution is -1.02. The number of rotatable bonds is 5. The Morgan fingerprint density at radius 3 is 2.71 bits per heavy atom. The maximum absolute atomic E-state index is 12.4. The van der Waals surface area contributed by atoms with Crippen molar-refractivity contribution in [3.63, 3.8) is 0 Å². The highest BCUT2D eigenvalue weighted by atomic mass is 16.5. The van der Waals surface area contributed by atoms with E-state index in [4.69, 9.17) is 10.00 Å². The first-order chi connectivity index (χ1) is 13.7. The van der Waals surface area contributed by atoms with Crippen LogP contribution in [0, 0.1) is 11.3 Å².